The summed E-state index contributed by atoms with van der Waals surface area (Å²) in [5.41, 5.74) is 8.89. The van der Waals surface area contributed by atoms with Gasteiger partial charge in [0.2, 0.25) is 0 Å². The molecule has 0 unspecified atom stereocenters. The van der Waals surface area contributed by atoms with Gasteiger partial charge in [-0.25, -0.2) is 0 Å². The molecular formula is C14H14ClNO. The highest BCUT2D eigenvalue weighted by Crippen LogP contribution is 2.23. The van der Waals surface area contributed by atoms with Crippen molar-refractivity contribution in [3.63, 3.8) is 0 Å². The van der Waals surface area contributed by atoms with E-state index in [4.69, 9.17) is 22.4 Å². The monoisotopic (exact) mass is 247 g/mol. The van der Waals surface area contributed by atoms with Gasteiger partial charge in [-0.15, -0.1) is 0 Å². The average molecular weight is 248 g/mol. The van der Waals surface area contributed by atoms with E-state index >= 15 is 0 Å². The molecule has 88 valence electrons. The Hall–Kier alpha value is -1.35. The maximum absolute atomic E-state index is 8.97. The highest BCUT2D eigenvalue weighted by molar-refractivity contribution is 6.30. The Labute approximate surface area is 106 Å². The molecule has 17 heavy (non-hydrogen) atoms. The van der Waals surface area contributed by atoms with Crippen molar-refractivity contribution in [1.29, 1.82) is 0 Å². The number of aliphatic hydroxyl groups excluding tert-OH is 1. The molecule has 3 heteroatoms. The Balaban J connectivity index is 2.26. The molecular weight excluding hydrogens is 234 g/mol. The molecule has 0 fully saturated rings. The number of halogens is 1. The van der Waals surface area contributed by atoms with Crippen LogP contribution in [0.15, 0.2) is 48.5 Å². The van der Waals surface area contributed by atoms with E-state index in [0.717, 1.165) is 21.7 Å². The third-order valence-electron chi connectivity index (χ3n) is 2.71. The van der Waals surface area contributed by atoms with E-state index in [1.54, 1.807) is 0 Å². The van der Waals surface area contributed by atoms with Gasteiger partial charge in [0, 0.05) is 5.02 Å². The van der Waals surface area contributed by atoms with Crippen LogP contribution in [0.4, 0.5) is 0 Å². The normalized spacial score (nSPS) is 12.4. The fraction of sp³-hybridized carbons (Fsp3) is 0.143. The lowest BCUT2D eigenvalue weighted by Gasteiger charge is -2.09. The number of aliphatic hydroxyl groups is 1. The standard InChI is InChI=1S/C14H14ClNO/c15-13-7-5-11(6-8-13)10-1-3-12(4-2-10)14(16)9-17/h1-8,14,17H,9,16H2/t14-/m0/s1. The van der Waals surface area contributed by atoms with Crippen LogP contribution in [-0.2, 0) is 0 Å². The summed E-state index contributed by atoms with van der Waals surface area (Å²) in [6.07, 6.45) is 0. The van der Waals surface area contributed by atoms with Crippen LogP contribution in [0.3, 0.4) is 0 Å². The Morgan fingerprint density at radius 3 is 1.88 bits per heavy atom. The first-order valence-electron chi connectivity index (χ1n) is 5.43. The number of rotatable bonds is 3. The van der Waals surface area contributed by atoms with Crippen molar-refractivity contribution in [2.75, 3.05) is 6.61 Å². The van der Waals surface area contributed by atoms with Gasteiger partial charge in [0.15, 0.2) is 0 Å². The van der Waals surface area contributed by atoms with Gasteiger partial charge < -0.3 is 10.8 Å². The van der Waals surface area contributed by atoms with Gasteiger partial charge in [-0.3, -0.25) is 0 Å². The van der Waals surface area contributed by atoms with Crippen LogP contribution in [0.5, 0.6) is 0 Å². The molecule has 0 aliphatic rings. The maximum atomic E-state index is 8.97. The molecule has 0 saturated heterocycles. The number of benzene rings is 2. The molecule has 1 atom stereocenters. The summed E-state index contributed by atoms with van der Waals surface area (Å²) >= 11 is 5.84. The van der Waals surface area contributed by atoms with Crippen molar-refractivity contribution >= 4 is 11.6 Å². The summed E-state index contributed by atoms with van der Waals surface area (Å²) < 4.78 is 0. The molecule has 0 spiro atoms. The highest BCUT2D eigenvalue weighted by Gasteiger charge is 2.04. The predicted octanol–water partition coefficient (Wildman–Crippen LogP) is 3.00. The second kappa shape index (κ2) is 5.32. The smallest absolute Gasteiger partial charge is 0.0624 e. The van der Waals surface area contributed by atoms with Gasteiger partial charge in [-0.2, -0.15) is 0 Å². The molecule has 0 aromatic heterocycles. The molecule has 2 rings (SSSR count). The minimum Gasteiger partial charge on any atom is -0.394 e. The quantitative estimate of drug-likeness (QED) is 0.876. The van der Waals surface area contributed by atoms with E-state index in [0.29, 0.717) is 0 Å². The first-order chi connectivity index (χ1) is 8.20. The van der Waals surface area contributed by atoms with Crippen molar-refractivity contribution in [2.24, 2.45) is 5.73 Å². The lowest BCUT2D eigenvalue weighted by molar-refractivity contribution is 0.268. The third kappa shape index (κ3) is 2.86. The number of hydrogen-bond acceptors (Lipinski definition) is 2. The van der Waals surface area contributed by atoms with Crippen LogP contribution < -0.4 is 5.73 Å². The van der Waals surface area contributed by atoms with Gasteiger partial charge in [0.1, 0.15) is 0 Å². The molecule has 0 aliphatic carbocycles. The van der Waals surface area contributed by atoms with Crippen LogP contribution in [0.1, 0.15) is 11.6 Å². The number of nitrogens with two attached hydrogens (primary N) is 1. The minimum atomic E-state index is -0.311. The average Bonchev–Trinajstić information content (AvgIpc) is 2.39. The lowest BCUT2D eigenvalue weighted by atomic mass is 10.0. The minimum absolute atomic E-state index is 0.0414. The van der Waals surface area contributed by atoms with Gasteiger partial charge in [0.25, 0.3) is 0 Å². The molecule has 0 amide bonds. The molecule has 2 aromatic rings. The molecule has 0 radical (unpaired) electrons. The zero-order valence-corrected chi connectivity index (χ0v) is 10.1. The van der Waals surface area contributed by atoms with E-state index in [-0.39, 0.29) is 12.6 Å². The molecule has 2 aromatic carbocycles. The summed E-state index contributed by atoms with van der Waals surface area (Å²) in [6, 6.07) is 15.2. The van der Waals surface area contributed by atoms with E-state index in [1.165, 1.54) is 0 Å². The van der Waals surface area contributed by atoms with Crippen LogP contribution in [-0.4, -0.2) is 11.7 Å². The van der Waals surface area contributed by atoms with Gasteiger partial charge in [0.05, 0.1) is 12.6 Å². The Kier molecular flexibility index (Phi) is 3.79. The highest BCUT2D eigenvalue weighted by atomic mass is 35.5. The van der Waals surface area contributed by atoms with E-state index < -0.39 is 0 Å². The van der Waals surface area contributed by atoms with Crippen molar-refractivity contribution in [2.45, 2.75) is 6.04 Å². The first kappa shape index (κ1) is 12.1. The third-order valence-corrected chi connectivity index (χ3v) is 2.97. The van der Waals surface area contributed by atoms with Crippen molar-refractivity contribution in [3.8, 4) is 11.1 Å². The fourth-order valence-corrected chi connectivity index (χ4v) is 1.80. The van der Waals surface area contributed by atoms with Crippen molar-refractivity contribution in [1.82, 2.24) is 0 Å². The summed E-state index contributed by atoms with van der Waals surface area (Å²) in [7, 11) is 0. The van der Waals surface area contributed by atoms with E-state index in [1.807, 2.05) is 48.5 Å². The Morgan fingerprint density at radius 1 is 0.941 bits per heavy atom. The molecule has 0 saturated carbocycles. The first-order valence-corrected chi connectivity index (χ1v) is 5.81. The Bertz CT molecular complexity index is 479. The van der Waals surface area contributed by atoms with Gasteiger partial charge >= 0.3 is 0 Å². The van der Waals surface area contributed by atoms with Crippen LogP contribution in [0.25, 0.3) is 11.1 Å². The molecule has 0 aliphatic heterocycles. The van der Waals surface area contributed by atoms with Gasteiger partial charge in [-0.1, -0.05) is 48.0 Å². The van der Waals surface area contributed by atoms with Crippen LogP contribution in [0.2, 0.25) is 5.02 Å². The SMILES string of the molecule is N[C@@H](CO)c1ccc(-c2ccc(Cl)cc2)cc1. The summed E-state index contributed by atoms with van der Waals surface area (Å²) in [5, 5.41) is 9.69. The zero-order valence-electron chi connectivity index (χ0n) is 9.31. The van der Waals surface area contributed by atoms with Crippen LogP contribution >= 0.6 is 11.6 Å². The summed E-state index contributed by atoms with van der Waals surface area (Å²) in [6.45, 7) is -0.0414. The fourth-order valence-electron chi connectivity index (χ4n) is 1.67. The summed E-state index contributed by atoms with van der Waals surface area (Å²) in [4.78, 5) is 0. The largest absolute Gasteiger partial charge is 0.394 e. The Morgan fingerprint density at radius 2 is 1.41 bits per heavy atom. The zero-order chi connectivity index (χ0) is 12.3. The van der Waals surface area contributed by atoms with Crippen molar-refractivity contribution < 1.29 is 5.11 Å². The second-order valence-corrected chi connectivity index (χ2v) is 4.35. The van der Waals surface area contributed by atoms with Crippen molar-refractivity contribution in [3.05, 3.63) is 59.1 Å². The maximum Gasteiger partial charge on any atom is 0.0624 e. The van der Waals surface area contributed by atoms with E-state index in [2.05, 4.69) is 0 Å². The van der Waals surface area contributed by atoms with Crippen LogP contribution in [0, 0.1) is 0 Å². The van der Waals surface area contributed by atoms with Gasteiger partial charge in [-0.05, 0) is 28.8 Å². The molecule has 0 bridgehead atoms. The molecule has 2 nitrogen and oxygen atoms in total. The second-order valence-electron chi connectivity index (χ2n) is 3.92. The van der Waals surface area contributed by atoms with E-state index in [9.17, 15) is 0 Å². The summed E-state index contributed by atoms with van der Waals surface area (Å²) in [5.74, 6) is 0. The predicted molar refractivity (Wildman–Crippen MR) is 70.9 cm³/mol. The lowest BCUT2D eigenvalue weighted by Crippen LogP contribution is -2.14. The topological polar surface area (TPSA) is 46.2 Å². The molecule has 3 N–H and O–H groups in total. The molecule has 0 heterocycles. The number of hydrogen-bond donors (Lipinski definition) is 2.